The van der Waals surface area contributed by atoms with E-state index in [1.54, 1.807) is 0 Å². The van der Waals surface area contributed by atoms with Crippen LogP contribution in [0.5, 0.6) is 0 Å². The van der Waals surface area contributed by atoms with E-state index in [0.717, 1.165) is 18.4 Å². The van der Waals surface area contributed by atoms with Crippen molar-refractivity contribution < 1.29 is 0 Å². The Balaban J connectivity index is 1.87. The average molecular weight is 192 g/mol. The fourth-order valence-electron chi connectivity index (χ4n) is 2.71. The highest BCUT2D eigenvalue weighted by Gasteiger charge is 2.38. The fraction of sp³-hybridized carbons (Fsp3) is 0.667. The number of nitrogens with zero attached hydrogens (tertiary/aromatic N) is 1. The number of likely N-dealkylation sites (N-methyl/N-ethyl adjacent to an activating group) is 1. The molecule has 2 aliphatic rings. The summed E-state index contributed by atoms with van der Waals surface area (Å²) in [4.78, 5) is 2.43. The molecule has 1 aliphatic heterocycles. The zero-order chi connectivity index (χ0) is 10.1. The average Bonchev–Trinajstić information content (AvgIpc) is 2.16. The van der Waals surface area contributed by atoms with Gasteiger partial charge >= 0.3 is 0 Å². The number of likely N-dealkylation sites (tertiary alicyclic amines) is 1. The smallest absolute Gasteiger partial charge is 0.0347 e. The van der Waals surface area contributed by atoms with Crippen LogP contribution in [-0.4, -0.2) is 31.6 Å². The Morgan fingerprint density at radius 3 is 3.00 bits per heavy atom. The second-order valence-corrected chi connectivity index (χ2v) is 4.56. The van der Waals surface area contributed by atoms with Crippen molar-refractivity contribution in [3.05, 3.63) is 24.4 Å². The summed E-state index contributed by atoms with van der Waals surface area (Å²) in [6, 6.07) is 0. The van der Waals surface area contributed by atoms with Crippen molar-refractivity contribution in [2.75, 3.05) is 26.7 Å². The molecular weight excluding hydrogens is 172 g/mol. The third-order valence-electron chi connectivity index (χ3n) is 3.61. The van der Waals surface area contributed by atoms with Crippen LogP contribution in [0.2, 0.25) is 0 Å². The number of nitrogens with one attached hydrogen (secondary N) is 1. The van der Waals surface area contributed by atoms with Gasteiger partial charge in [-0.2, -0.15) is 0 Å². The molecule has 0 bridgehead atoms. The van der Waals surface area contributed by atoms with Gasteiger partial charge in [-0.15, -0.1) is 0 Å². The summed E-state index contributed by atoms with van der Waals surface area (Å²) in [6.07, 6.45) is 2.53. The number of hydrogen-bond donors (Lipinski definition) is 1. The number of fused-ring (bicyclic) bond motifs is 1. The molecule has 78 valence electrons. The Bertz CT molecular complexity index is 257. The lowest BCUT2D eigenvalue weighted by molar-refractivity contribution is 0.119. The van der Waals surface area contributed by atoms with Crippen molar-refractivity contribution in [2.24, 2.45) is 11.8 Å². The Morgan fingerprint density at radius 1 is 1.64 bits per heavy atom. The van der Waals surface area contributed by atoms with Crippen LogP contribution in [0.1, 0.15) is 12.8 Å². The van der Waals surface area contributed by atoms with Gasteiger partial charge < -0.3 is 10.2 Å². The number of rotatable bonds is 3. The van der Waals surface area contributed by atoms with E-state index in [4.69, 9.17) is 0 Å². The molecule has 2 unspecified atom stereocenters. The maximum absolute atomic E-state index is 4.11. The minimum absolute atomic E-state index is 0.827. The van der Waals surface area contributed by atoms with Crippen LogP contribution in [0.4, 0.5) is 0 Å². The largest absolute Gasteiger partial charge is 0.374 e. The molecule has 2 atom stereocenters. The molecule has 2 rings (SSSR count). The van der Waals surface area contributed by atoms with Crippen LogP contribution >= 0.6 is 0 Å². The van der Waals surface area contributed by atoms with Gasteiger partial charge in [-0.05, 0) is 31.7 Å². The van der Waals surface area contributed by atoms with Gasteiger partial charge in [-0.3, -0.25) is 0 Å². The first-order valence-electron chi connectivity index (χ1n) is 5.47. The highest BCUT2D eigenvalue weighted by molar-refractivity contribution is 5.18. The van der Waals surface area contributed by atoms with Crippen molar-refractivity contribution in [3.8, 4) is 0 Å². The molecule has 2 nitrogen and oxygen atoms in total. The van der Waals surface area contributed by atoms with Crippen LogP contribution in [0.25, 0.3) is 0 Å². The van der Waals surface area contributed by atoms with Crippen LogP contribution in [0.15, 0.2) is 24.4 Å². The summed E-state index contributed by atoms with van der Waals surface area (Å²) < 4.78 is 0. The highest BCUT2D eigenvalue weighted by Crippen LogP contribution is 2.44. The van der Waals surface area contributed by atoms with Gasteiger partial charge in [-0.1, -0.05) is 18.7 Å². The minimum Gasteiger partial charge on any atom is -0.374 e. The fourth-order valence-corrected chi connectivity index (χ4v) is 2.71. The summed E-state index contributed by atoms with van der Waals surface area (Å²) in [6.45, 7) is 11.5. The lowest BCUT2D eigenvalue weighted by Crippen LogP contribution is -2.46. The molecule has 1 saturated carbocycles. The molecule has 1 heterocycles. The number of piperidine rings is 1. The second-order valence-electron chi connectivity index (χ2n) is 4.56. The van der Waals surface area contributed by atoms with E-state index in [0.29, 0.717) is 0 Å². The second kappa shape index (κ2) is 3.77. The van der Waals surface area contributed by atoms with Gasteiger partial charge in [0.25, 0.3) is 0 Å². The minimum atomic E-state index is 0.827. The molecule has 14 heavy (non-hydrogen) atoms. The maximum atomic E-state index is 4.11. The van der Waals surface area contributed by atoms with Crippen LogP contribution in [0, 0.1) is 11.8 Å². The van der Waals surface area contributed by atoms with Crippen molar-refractivity contribution in [1.82, 2.24) is 10.2 Å². The van der Waals surface area contributed by atoms with Gasteiger partial charge in [0.1, 0.15) is 0 Å². The molecule has 0 radical (unpaired) electrons. The molecular formula is C12H20N2. The Hall–Kier alpha value is -0.760. The van der Waals surface area contributed by atoms with Crippen molar-refractivity contribution in [3.63, 3.8) is 0 Å². The molecule has 0 amide bonds. The van der Waals surface area contributed by atoms with E-state index in [1.165, 1.54) is 37.2 Å². The first-order valence-corrected chi connectivity index (χ1v) is 5.47. The summed E-state index contributed by atoms with van der Waals surface area (Å²) in [5.74, 6) is 1.69. The SMILES string of the molecule is C=C1CC2CN(C(=C)CNC)CCC12. The monoisotopic (exact) mass is 192 g/mol. The zero-order valence-electron chi connectivity index (χ0n) is 9.05. The first-order chi connectivity index (χ1) is 6.72. The summed E-state index contributed by atoms with van der Waals surface area (Å²) in [7, 11) is 1.98. The van der Waals surface area contributed by atoms with Gasteiger partial charge in [0.05, 0.1) is 0 Å². The van der Waals surface area contributed by atoms with Crippen LogP contribution in [-0.2, 0) is 0 Å². The normalized spacial score (nSPS) is 30.9. The van der Waals surface area contributed by atoms with E-state index in [-0.39, 0.29) is 0 Å². The molecule has 1 saturated heterocycles. The third kappa shape index (κ3) is 1.59. The predicted molar refractivity (Wildman–Crippen MR) is 60.0 cm³/mol. The molecule has 1 N–H and O–H groups in total. The van der Waals surface area contributed by atoms with Gasteiger partial charge in [0, 0.05) is 25.3 Å². The van der Waals surface area contributed by atoms with E-state index in [1.807, 2.05) is 7.05 Å². The standard InChI is InChI=1S/C12H20N2/c1-9-6-11-8-14(5-4-12(9)11)10(2)7-13-3/h11-13H,1-2,4-8H2,3H3. The summed E-state index contributed by atoms with van der Waals surface area (Å²) in [5, 5.41) is 3.16. The van der Waals surface area contributed by atoms with E-state index >= 15 is 0 Å². The van der Waals surface area contributed by atoms with E-state index in [2.05, 4.69) is 23.4 Å². The van der Waals surface area contributed by atoms with Crippen molar-refractivity contribution in [1.29, 1.82) is 0 Å². The Kier molecular flexibility index (Phi) is 2.64. The van der Waals surface area contributed by atoms with Crippen LogP contribution < -0.4 is 5.32 Å². The zero-order valence-corrected chi connectivity index (χ0v) is 9.05. The van der Waals surface area contributed by atoms with Crippen molar-refractivity contribution >= 4 is 0 Å². The number of allylic oxidation sites excluding steroid dienone is 1. The van der Waals surface area contributed by atoms with E-state index in [9.17, 15) is 0 Å². The van der Waals surface area contributed by atoms with Crippen molar-refractivity contribution in [2.45, 2.75) is 12.8 Å². The summed E-state index contributed by atoms with van der Waals surface area (Å²) in [5.41, 5.74) is 2.72. The third-order valence-corrected chi connectivity index (χ3v) is 3.61. The summed E-state index contributed by atoms with van der Waals surface area (Å²) >= 11 is 0. The lowest BCUT2D eigenvalue weighted by atomic mass is 9.66. The molecule has 0 aromatic rings. The van der Waals surface area contributed by atoms with Gasteiger partial charge in [0.2, 0.25) is 0 Å². The van der Waals surface area contributed by atoms with Crippen LogP contribution in [0.3, 0.4) is 0 Å². The Labute approximate surface area is 86.7 Å². The lowest BCUT2D eigenvalue weighted by Gasteiger charge is -2.48. The quantitative estimate of drug-likeness (QED) is 0.684. The highest BCUT2D eigenvalue weighted by atomic mass is 15.2. The van der Waals surface area contributed by atoms with E-state index < -0.39 is 0 Å². The van der Waals surface area contributed by atoms with Gasteiger partial charge in [-0.25, -0.2) is 0 Å². The maximum Gasteiger partial charge on any atom is 0.0347 e. The molecule has 2 heteroatoms. The molecule has 0 spiro atoms. The molecule has 2 fully saturated rings. The first kappa shape index (κ1) is 9.78. The predicted octanol–water partition coefficient (Wildman–Crippen LogP) is 1.62. The molecule has 0 aromatic heterocycles. The molecule has 1 aliphatic carbocycles. The number of hydrogen-bond acceptors (Lipinski definition) is 2. The van der Waals surface area contributed by atoms with Gasteiger partial charge in [0.15, 0.2) is 0 Å². The topological polar surface area (TPSA) is 15.3 Å². The molecule has 0 aromatic carbocycles. The Morgan fingerprint density at radius 2 is 2.43 bits per heavy atom.